The van der Waals surface area contributed by atoms with Crippen LogP contribution in [0.25, 0.3) is 0 Å². The monoisotopic (exact) mass is 191 g/mol. The first-order chi connectivity index (χ1) is 6.70. The van der Waals surface area contributed by atoms with E-state index in [1.165, 1.54) is 5.56 Å². The van der Waals surface area contributed by atoms with E-state index in [1.54, 1.807) is 0 Å². The zero-order valence-electron chi connectivity index (χ0n) is 8.84. The number of hydrogen-bond donors (Lipinski definition) is 1. The number of nitrogen functional groups attached to an aromatic ring is 1. The normalized spacial score (nSPS) is 9.86. The van der Waals surface area contributed by atoms with Gasteiger partial charge in [-0.25, -0.2) is 0 Å². The van der Waals surface area contributed by atoms with Gasteiger partial charge in [0.1, 0.15) is 5.75 Å². The third-order valence-electron chi connectivity index (χ3n) is 2.16. The average molecular weight is 191 g/mol. The zero-order chi connectivity index (χ0) is 10.6. The standard InChI is InChI=1S/C12H17NO/c1-4-6-10-9(3)7-8-11(13)12(10)14-5-2/h4,7-8H,1,5-6,13H2,2-3H3. The van der Waals surface area contributed by atoms with Crippen molar-refractivity contribution in [3.05, 3.63) is 35.9 Å². The number of ether oxygens (including phenoxy) is 1. The summed E-state index contributed by atoms with van der Waals surface area (Å²) in [6.45, 7) is 8.38. The van der Waals surface area contributed by atoms with Crippen molar-refractivity contribution in [2.75, 3.05) is 12.3 Å². The number of anilines is 1. The molecule has 14 heavy (non-hydrogen) atoms. The van der Waals surface area contributed by atoms with Gasteiger partial charge in [-0.3, -0.25) is 0 Å². The van der Waals surface area contributed by atoms with Gasteiger partial charge >= 0.3 is 0 Å². The number of rotatable bonds is 4. The van der Waals surface area contributed by atoms with Crippen LogP contribution in [-0.2, 0) is 6.42 Å². The maximum absolute atomic E-state index is 5.85. The van der Waals surface area contributed by atoms with E-state index in [1.807, 2.05) is 25.1 Å². The van der Waals surface area contributed by atoms with E-state index in [0.717, 1.165) is 17.7 Å². The molecule has 0 aliphatic carbocycles. The fourth-order valence-electron chi connectivity index (χ4n) is 1.46. The molecule has 0 bridgehead atoms. The topological polar surface area (TPSA) is 35.2 Å². The Kier molecular flexibility index (Phi) is 3.57. The highest BCUT2D eigenvalue weighted by molar-refractivity contribution is 5.59. The average Bonchev–Trinajstić information content (AvgIpc) is 2.17. The third kappa shape index (κ3) is 2.08. The molecule has 0 unspecified atom stereocenters. The van der Waals surface area contributed by atoms with Gasteiger partial charge in [0.15, 0.2) is 0 Å². The Balaban J connectivity index is 3.18. The molecule has 76 valence electrons. The highest BCUT2D eigenvalue weighted by Gasteiger charge is 2.08. The molecule has 0 radical (unpaired) electrons. The van der Waals surface area contributed by atoms with Crippen molar-refractivity contribution < 1.29 is 4.74 Å². The summed E-state index contributed by atoms with van der Waals surface area (Å²) in [5.74, 6) is 0.812. The molecule has 0 amide bonds. The largest absolute Gasteiger partial charge is 0.491 e. The van der Waals surface area contributed by atoms with Gasteiger partial charge in [0.05, 0.1) is 12.3 Å². The predicted octanol–water partition coefficient (Wildman–Crippen LogP) is 2.70. The number of hydrogen-bond acceptors (Lipinski definition) is 2. The second-order valence-electron chi connectivity index (χ2n) is 3.21. The van der Waals surface area contributed by atoms with Crippen LogP contribution < -0.4 is 10.5 Å². The Morgan fingerprint density at radius 3 is 2.79 bits per heavy atom. The Hall–Kier alpha value is -1.44. The van der Waals surface area contributed by atoms with Gasteiger partial charge in [-0.15, -0.1) is 6.58 Å². The van der Waals surface area contributed by atoms with Gasteiger partial charge in [0, 0.05) is 5.56 Å². The molecular weight excluding hydrogens is 174 g/mol. The van der Waals surface area contributed by atoms with Gasteiger partial charge < -0.3 is 10.5 Å². The minimum atomic E-state index is 0.637. The van der Waals surface area contributed by atoms with E-state index in [-0.39, 0.29) is 0 Å². The van der Waals surface area contributed by atoms with Gasteiger partial charge in [-0.05, 0) is 31.9 Å². The summed E-state index contributed by atoms with van der Waals surface area (Å²) in [6, 6.07) is 3.89. The number of allylic oxidation sites excluding steroid dienone is 1. The van der Waals surface area contributed by atoms with Crippen LogP contribution in [0.2, 0.25) is 0 Å². The van der Waals surface area contributed by atoms with Crippen LogP contribution in [-0.4, -0.2) is 6.61 Å². The number of nitrogens with two attached hydrogens (primary N) is 1. The Labute approximate surface area is 85.4 Å². The minimum Gasteiger partial charge on any atom is -0.491 e. The van der Waals surface area contributed by atoms with Crippen molar-refractivity contribution in [1.82, 2.24) is 0 Å². The first-order valence-corrected chi connectivity index (χ1v) is 4.82. The van der Waals surface area contributed by atoms with Gasteiger partial charge in [-0.2, -0.15) is 0 Å². The third-order valence-corrected chi connectivity index (χ3v) is 2.16. The molecule has 2 N–H and O–H groups in total. The summed E-state index contributed by atoms with van der Waals surface area (Å²) in [5, 5.41) is 0. The first-order valence-electron chi connectivity index (χ1n) is 4.82. The Morgan fingerprint density at radius 1 is 1.50 bits per heavy atom. The van der Waals surface area contributed by atoms with Crippen molar-refractivity contribution in [3.8, 4) is 5.75 Å². The van der Waals surface area contributed by atoms with Crippen molar-refractivity contribution in [1.29, 1.82) is 0 Å². The van der Waals surface area contributed by atoms with E-state index >= 15 is 0 Å². The smallest absolute Gasteiger partial charge is 0.145 e. The molecule has 0 saturated carbocycles. The molecule has 0 heterocycles. The summed E-state index contributed by atoms with van der Waals surface area (Å²) < 4.78 is 5.53. The van der Waals surface area contributed by atoms with Crippen LogP contribution in [0.15, 0.2) is 24.8 Å². The Bertz CT molecular complexity index is 331. The maximum atomic E-state index is 5.85. The van der Waals surface area contributed by atoms with Crippen molar-refractivity contribution >= 4 is 5.69 Å². The van der Waals surface area contributed by atoms with E-state index in [0.29, 0.717) is 12.3 Å². The van der Waals surface area contributed by atoms with Crippen LogP contribution in [0.3, 0.4) is 0 Å². The van der Waals surface area contributed by atoms with Crippen molar-refractivity contribution in [3.63, 3.8) is 0 Å². The second-order valence-corrected chi connectivity index (χ2v) is 3.21. The molecule has 1 aromatic carbocycles. The van der Waals surface area contributed by atoms with E-state index < -0.39 is 0 Å². The van der Waals surface area contributed by atoms with Crippen LogP contribution in [0, 0.1) is 6.92 Å². The zero-order valence-corrected chi connectivity index (χ0v) is 8.84. The fourth-order valence-corrected chi connectivity index (χ4v) is 1.46. The molecule has 1 rings (SSSR count). The minimum absolute atomic E-state index is 0.637. The van der Waals surface area contributed by atoms with E-state index in [2.05, 4.69) is 13.5 Å². The molecule has 0 aliphatic heterocycles. The molecule has 0 spiro atoms. The lowest BCUT2D eigenvalue weighted by atomic mass is 10.0. The SMILES string of the molecule is C=CCc1c(C)ccc(N)c1OCC. The molecule has 0 fully saturated rings. The summed E-state index contributed by atoms with van der Waals surface area (Å²) in [5.41, 5.74) is 8.89. The van der Waals surface area contributed by atoms with Gasteiger partial charge in [-0.1, -0.05) is 12.1 Å². The van der Waals surface area contributed by atoms with Crippen LogP contribution in [0.5, 0.6) is 5.75 Å². The first kappa shape index (κ1) is 10.6. The van der Waals surface area contributed by atoms with Crippen LogP contribution in [0.4, 0.5) is 5.69 Å². The molecule has 2 heteroatoms. The Morgan fingerprint density at radius 2 is 2.21 bits per heavy atom. The highest BCUT2D eigenvalue weighted by atomic mass is 16.5. The lowest BCUT2D eigenvalue weighted by Crippen LogP contribution is -2.02. The van der Waals surface area contributed by atoms with Crippen LogP contribution >= 0.6 is 0 Å². The maximum Gasteiger partial charge on any atom is 0.145 e. The predicted molar refractivity (Wildman–Crippen MR) is 60.7 cm³/mol. The van der Waals surface area contributed by atoms with E-state index in [9.17, 15) is 0 Å². The van der Waals surface area contributed by atoms with Crippen LogP contribution in [0.1, 0.15) is 18.1 Å². The lowest BCUT2D eigenvalue weighted by Gasteiger charge is -2.13. The van der Waals surface area contributed by atoms with Gasteiger partial charge in [0.2, 0.25) is 0 Å². The molecular formula is C12H17NO. The molecule has 0 aromatic heterocycles. The van der Waals surface area contributed by atoms with Crippen molar-refractivity contribution in [2.45, 2.75) is 20.3 Å². The second kappa shape index (κ2) is 4.70. The fraction of sp³-hybridized carbons (Fsp3) is 0.333. The number of benzene rings is 1. The molecule has 0 atom stereocenters. The summed E-state index contributed by atoms with van der Waals surface area (Å²) in [4.78, 5) is 0. The van der Waals surface area contributed by atoms with E-state index in [4.69, 9.17) is 10.5 Å². The molecule has 0 saturated heterocycles. The molecule has 2 nitrogen and oxygen atoms in total. The number of aryl methyl sites for hydroxylation is 1. The highest BCUT2D eigenvalue weighted by Crippen LogP contribution is 2.29. The quantitative estimate of drug-likeness (QED) is 0.586. The summed E-state index contributed by atoms with van der Waals surface area (Å²) in [6.07, 6.45) is 2.66. The summed E-state index contributed by atoms with van der Waals surface area (Å²) in [7, 11) is 0. The lowest BCUT2D eigenvalue weighted by molar-refractivity contribution is 0.339. The van der Waals surface area contributed by atoms with Crippen molar-refractivity contribution in [2.24, 2.45) is 0 Å². The van der Waals surface area contributed by atoms with Gasteiger partial charge in [0.25, 0.3) is 0 Å². The molecule has 0 aliphatic rings. The summed E-state index contributed by atoms with van der Waals surface area (Å²) >= 11 is 0. The molecule has 1 aromatic rings.